The fourth-order valence-corrected chi connectivity index (χ4v) is 1.40. The molecule has 0 aliphatic rings. The highest BCUT2D eigenvalue weighted by Crippen LogP contribution is 2.00. The third kappa shape index (κ3) is 4.03. The molecule has 0 saturated carbocycles. The maximum Gasteiger partial charge on any atom is 0.237 e. The highest BCUT2D eigenvalue weighted by atomic mass is 16.2. The molecular formula is C13H20N2O. The molecule has 0 unspecified atom stereocenters. The third-order valence-corrected chi connectivity index (χ3v) is 2.58. The van der Waals surface area contributed by atoms with Crippen LogP contribution >= 0.6 is 0 Å². The van der Waals surface area contributed by atoms with E-state index in [2.05, 4.69) is 17.4 Å². The van der Waals surface area contributed by atoms with Gasteiger partial charge in [-0.2, -0.15) is 0 Å². The Morgan fingerprint density at radius 2 is 1.94 bits per heavy atom. The number of hydrogen-bond acceptors (Lipinski definition) is 2. The topological polar surface area (TPSA) is 55.1 Å². The van der Waals surface area contributed by atoms with Crippen LogP contribution in [0, 0.1) is 5.92 Å². The van der Waals surface area contributed by atoms with E-state index >= 15 is 0 Å². The molecule has 1 rings (SSSR count). The number of rotatable bonds is 5. The first kappa shape index (κ1) is 12.7. The molecule has 3 nitrogen and oxygen atoms in total. The predicted octanol–water partition coefficient (Wildman–Crippen LogP) is 1.33. The normalized spacial score (nSPS) is 12.5. The molecule has 0 saturated heterocycles. The minimum absolute atomic E-state index is 0.0640. The molecule has 3 heteroatoms. The summed E-state index contributed by atoms with van der Waals surface area (Å²) >= 11 is 0. The van der Waals surface area contributed by atoms with Gasteiger partial charge in [0.25, 0.3) is 0 Å². The monoisotopic (exact) mass is 220 g/mol. The Kier molecular flexibility index (Phi) is 4.99. The Balaban J connectivity index is 2.28. The van der Waals surface area contributed by atoms with Gasteiger partial charge in [-0.1, -0.05) is 44.2 Å². The van der Waals surface area contributed by atoms with Crippen molar-refractivity contribution in [1.82, 2.24) is 5.32 Å². The van der Waals surface area contributed by atoms with Crippen LogP contribution in [0.3, 0.4) is 0 Å². The molecule has 1 atom stereocenters. The molecule has 0 fully saturated rings. The van der Waals surface area contributed by atoms with Gasteiger partial charge in [0.1, 0.15) is 0 Å². The number of carbonyl (C=O) groups is 1. The molecule has 0 aliphatic carbocycles. The van der Waals surface area contributed by atoms with Gasteiger partial charge in [0.05, 0.1) is 6.04 Å². The largest absolute Gasteiger partial charge is 0.354 e. The lowest BCUT2D eigenvalue weighted by Gasteiger charge is -2.15. The van der Waals surface area contributed by atoms with Crippen molar-refractivity contribution in [2.45, 2.75) is 26.3 Å². The number of nitrogens with one attached hydrogen (secondary N) is 1. The van der Waals surface area contributed by atoms with Gasteiger partial charge < -0.3 is 11.1 Å². The van der Waals surface area contributed by atoms with Crippen molar-refractivity contribution in [3.8, 4) is 0 Å². The fourth-order valence-electron chi connectivity index (χ4n) is 1.40. The van der Waals surface area contributed by atoms with Crippen LogP contribution in [0.15, 0.2) is 30.3 Å². The molecule has 3 N–H and O–H groups in total. The second-order valence-electron chi connectivity index (χ2n) is 4.30. The summed E-state index contributed by atoms with van der Waals surface area (Å²) in [5.41, 5.74) is 6.95. The van der Waals surface area contributed by atoms with Crippen LogP contribution in [0.5, 0.6) is 0 Å². The number of nitrogens with two attached hydrogens (primary N) is 1. The van der Waals surface area contributed by atoms with E-state index in [1.54, 1.807) is 0 Å². The summed E-state index contributed by atoms with van der Waals surface area (Å²) < 4.78 is 0. The Labute approximate surface area is 97.0 Å². The summed E-state index contributed by atoms with van der Waals surface area (Å²) in [7, 11) is 0. The lowest BCUT2D eigenvalue weighted by molar-refractivity contribution is -0.123. The van der Waals surface area contributed by atoms with Crippen LogP contribution in [0.1, 0.15) is 19.4 Å². The van der Waals surface area contributed by atoms with Crippen molar-refractivity contribution in [1.29, 1.82) is 0 Å². The van der Waals surface area contributed by atoms with Gasteiger partial charge in [0.2, 0.25) is 5.91 Å². The highest BCUT2D eigenvalue weighted by molar-refractivity contribution is 5.81. The number of hydrogen-bond donors (Lipinski definition) is 2. The van der Waals surface area contributed by atoms with E-state index < -0.39 is 6.04 Å². The molecule has 0 aliphatic heterocycles. The van der Waals surface area contributed by atoms with E-state index in [1.165, 1.54) is 5.56 Å². The van der Waals surface area contributed by atoms with Crippen LogP contribution in [-0.4, -0.2) is 18.5 Å². The first-order chi connectivity index (χ1) is 7.61. The molecule has 1 aromatic rings. The Bertz CT molecular complexity index is 322. The Morgan fingerprint density at radius 1 is 1.31 bits per heavy atom. The lowest BCUT2D eigenvalue weighted by atomic mass is 10.0. The van der Waals surface area contributed by atoms with Gasteiger partial charge in [-0.15, -0.1) is 0 Å². The number of benzene rings is 1. The van der Waals surface area contributed by atoms with Crippen LogP contribution < -0.4 is 11.1 Å². The molecule has 16 heavy (non-hydrogen) atoms. The molecule has 0 radical (unpaired) electrons. The predicted molar refractivity (Wildman–Crippen MR) is 66.0 cm³/mol. The van der Waals surface area contributed by atoms with E-state index in [-0.39, 0.29) is 11.8 Å². The summed E-state index contributed by atoms with van der Waals surface area (Å²) in [4.78, 5) is 11.5. The first-order valence-corrected chi connectivity index (χ1v) is 5.68. The Hall–Kier alpha value is -1.35. The van der Waals surface area contributed by atoms with Crippen molar-refractivity contribution in [3.63, 3.8) is 0 Å². The van der Waals surface area contributed by atoms with Gasteiger partial charge in [0, 0.05) is 6.54 Å². The van der Waals surface area contributed by atoms with Crippen molar-refractivity contribution < 1.29 is 4.79 Å². The zero-order valence-corrected chi connectivity index (χ0v) is 9.94. The molecular weight excluding hydrogens is 200 g/mol. The lowest BCUT2D eigenvalue weighted by Crippen LogP contribution is -2.44. The maximum absolute atomic E-state index is 11.5. The van der Waals surface area contributed by atoms with Gasteiger partial charge in [0.15, 0.2) is 0 Å². The van der Waals surface area contributed by atoms with E-state index in [4.69, 9.17) is 5.73 Å². The second-order valence-corrected chi connectivity index (χ2v) is 4.30. The quantitative estimate of drug-likeness (QED) is 0.786. The zero-order chi connectivity index (χ0) is 12.0. The van der Waals surface area contributed by atoms with Gasteiger partial charge in [-0.3, -0.25) is 4.79 Å². The van der Waals surface area contributed by atoms with Crippen molar-refractivity contribution in [3.05, 3.63) is 35.9 Å². The highest BCUT2D eigenvalue weighted by Gasteiger charge is 2.15. The molecule has 0 heterocycles. The molecule has 0 bridgehead atoms. The zero-order valence-electron chi connectivity index (χ0n) is 9.94. The summed E-state index contributed by atoms with van der Waals surface area (Å²) in [5, 5.41) is 2.85. The molecule has 1 amide bonds. The van der Waals surface area contributed by atoms with E-state index in [0.29, 0.717) is 6.54 Å². The number of amides is 1. The van der Waals surface area contributed by atoms with E-state index in [1.807, 2.05) is 32.0 Å². The average molecular weight is 220 g/mol. The smallest absolute Gasteiger partial charge is 0.237 e. The standard InChI is InChI=1S/C13H20N2O/c1-10(2)12(14)13(16)15-9-8-11-6-4-3-5-7-11/h3-7,10,12H,8-9,14H2,1-2H3,(H,15,16)/t12-/m1/s1. The Morgan fingerprint density at radius 3 is 2.50 bits per heavy atom. The third-order valence-electron chi connectivity index (χ3n) is 2.58. The van der Waals surface area contributed by atoms with Crippen LogP contribution in [0.25, 0.3) is 0 Å². The summed E-state index contributed by atoms with van der Waals surface area (Å²) in [6.45, 7) is 4.53. The van der Waals surface area contributed by atoms with Gasteiger partial charge in [-0.25, -0.2) is 0 Å². The SMILES string of the molecule is CC(C)[C@@H](N)C(=O)NCCc1ccccc1. The molecule has 88 valence electrons. The van der Waals surface area contributed by atoms with E-state index in [9.17, 15) is 4.79 Å². The van der Waals surface area contributed by atoms with Gasteiger partial charge in [-0.05, 0) is 17.9 Å². The number of carbonyl (C=O) groups excluding carboxylic acids is 1. The first-order valence-electron chi connectivity index (χ1n) is 5.68. The molecule has 1 aromatic carbocycles. The minimum atomic E-state index is -0.407. The van der Waals surface area contributed by atoms with Crippen molar-refractivity contribution in [2.24, 2.45) is 11.7 Å². The van der Waals surface area contributed by atoms with Crippen LogP contribution in [-0.2, 0) is 11.2 Å². The summed E-state index contributed by atoms with van der Waals surface area (Å²) in [6.07, 6.45) is 0.845. The molecule has 0 aromatic heterocycles. The maximum atomic E-state index is 11.5. The fraction of sp³-hybridized carbons (Fsp3) is 0.462. The van der Waals surface area contributed by atoms with Gasteiger partial charge >= 0.3 is 0 Å². The molecule has 0 spiro atoms. The van der Waals surface area contributed by atoms with Crippen LogP contribution in [0.2, 0.25) is 0 Å². The van der Waals surface area contributed by atoms with E-state index in [0.717, 1.165) is 6.42 Å². The van der Waals surface area contributed by atoms with Crippen molar-refractivity contribution >= 4 is 5.91 Å². The summed E-state index contributed by atoms with van der Waals surface area (Å²) in [5.74, 6) is 0.114. The van der Waals surface area contributed by atoms with Crippen molar-refractivity contribution in [2.75, 3.05) is 6.54 Å². The second kappa shape index (κ2) is 6.28. The summed E-state index contributed by atoms with van der Waals surface area (Å²) in [6, 6.07) is 9.67. The average Bonchev–Trinajstić information content (AvgIpc) is 2.29. The van der Waals surface area contributed by atoms with Crippen LogP contribution in [0.4, 0.5) is 0 Å². The minimum Gasteiger partial charge on any atom is -0.354 e.